The van der Waals surface area contributed by atoms with Crippen molar-refractivity contribution in [3.63, 3.8) is 0 Å². The van der Waals surface area contributed by atoms with Gasteiger partial charge in [-0.25, -0.2) is 4.79 Å². The van der Waals surface area contributed by atoms with E-state index in [0.29, 0.717) is 13.1 Å². The van der Waals surface area contributed by atoms with E-state index < -0.39 is 0 Å². The van der Waals surface area contributed by atoms with Gasteiger partial charge in [-0.15, -0.1) is 22.7 Å². The quantitative estimate of drug-likeness (QED) is 0.754. The minimum atomic E-state index is -0.212. The number of rotatable bonds is 5. The van der Waals surface area contributed by atoms with Crippen LogP contribution in [0.5, 0.6) is 0 Å². The van der Waals surface area contributed by atoms with Gasteiger partial charge in [0.2, 0.25) is 0 Å². The second-order valence-electron chi connectivity index (χ2n) is 4.44. The van der Waals surface area contributed by atoms with E-state index >= 15 is 0 Å². The molecule has 0 fully saturated rings. The van der Waals surface area contributed by atoms with Gasteiger partial charge < -0.3 is 10.6 Å². The van der Waals surface area contributed by atoms with Gasteiger partial charge in [0.05, 0.1) is 23.7 Å². The number of nitrogens with one attached hydrogen (secondary N) is 2. The van der Waals surface area contributed by atoms with Gasteiger partial charge in [0.15, 0.2) is 0 Å². The number of nitrogens with zero attached hydrogens (tertiary/aromatic N) is 2. The van der Waals surface area contributed by atoms with Gasteiger partial charge in [0, 0.05) is 17.3 Å². The highest BCUT2D eigenvalue weighted by Crippen LogP contribution is 2.24. The SMILES string of the molecule is O=C(NCc1cccs1)NCc1nccnc1-c1cccs1. The minimum absolute atomic E-state index is 0.212. The number of amides is 2. The van der Waals surface area contributed by atoms with Gasteiger partial charge in [-0.05, 0) is 22.9 Å². The van der Waals surface area contributed by atoms with Crippen molar-refractivity contribution in [3.05, 3.63) is 58.0 Å². The first-order valence-corrected chi connectivity index (χ1v) is 8.46. The molecule has 0 aliphatic heterocycles. The summed E-state index contributed by atoms with van der Waals surface area (Å²) in [4.78, 5) is 22.7. The molecule has 0 aliphatic rings. The summed E-state index contributed by atoms with van der Waals surface area (Å²) >= 11 is 3.22. The van der Waals surface area contributed by atoms with E-state index in [1.54, 1.807) is 35.1 Å². The summed E-state index contributed by atoms with van der Waals surface area (Å²) in [5.74, 6) is 0. The van der Waals surface area contributed by atoms with Crippen molar-refractivity contribution in [3.8, 4) is 10.6 Å². The van der Waals surface area contributed by atoms with E-state index in [0.717, 1.165) is 21.1 Å². The molecule has 3 rings (SSSR count). The Labute approximate surface area is 136 Å². The second kappa shape index (κ2) is 7.15. The number of urea groups is 1. The molecule has 3 heterocycles. The number of thiophene rings is 2. The van der Waals surface area contributed by atoms with Crippen LogP contribution in [0, 0.1) is 0 Å². The number of hydrogen-bond acceptors (Lipinski definition) is 5. The molecule has 5 nitrogen and oxygen atoms in total. The summed E-state index contributed by atoms with van der Waals surface area (Å²) in [6.07, 6.45) is 3.30. The van der Waals surface area contributed by atoms with Gasteiger partial charge in [-0.2, -0.15) is 0 Å². The van der Waals surface area contributed by atoms with Crippen molar-refractivity contribution in [2.24, 2.45) is 0 Å². The zero-order valence-corrected chi connectivity index (χ0v) is 13.3. The van der Waals surface area contributed by atoms with Crippen LogP contribution in [0.15, 0.2) is 47.4 Å². The third-order valence-corrected chi connectivity index (χ3v) is 4.70. The van der Waals surface area contributed by atoms with Crippen LogP contribution in [-0.4, -0.2) is 16.0 Å². The smallest absolute Gasteiger partial charge is 0.315 e. The van der Waals surface area contributed by atoms with Crippen LogP contribution < -0.4 is 10.6 Å². The number of aromatic nitrogens is 2. The lowest BCUT2D eigenvalue weighted by Crippen LogP contribution is -2.34. The third-order valence-electron chi connectivity index (χ3n) is 2.95. The predicted molar refractivity (Wildman–Crippen MR) is 88.7 cm³/mol. The zero-order chi connectivity index (χ0) is 15.2. The highest BCUT2D eigenvalue weighted by molar-refractivity contribution is 7.13. The van der Waals surface area contributed by atoms with Crippen LogP contribution in [0.2, 0.25) is 0 Å². The lowest BCUT2D eigenvalue weighted by molar-refractivity contribution is 0.240. The molecule has 2 amide bonds. The molecule has 0 unspecified atom stereocenters. The maximum Gasteiger partial charge on any atom is 0.315 e. The Balaban J connectivity index is 1.58. The summed E-state index contributed by atoms with van der Waals surface area (Å²) < 4.78 is 0. The summed E-state index contributed by atoms with van der Waals surface area (Å²) in [6, 6.07) is 7.71. The molecular weight excluding hydrogens is 316 g/mol. The predicted octanol–water partition coefficient (Wildman–Crippen LogP) is 3.27. The van der Waals surface area contributed by atoms with Gasteiger partial charge in [0.25, 0.3) is 0 Å². The molecule has 0 aromatic carbocycles. The standard InChI is InChI=1S/C15H14N4OS2/c20-15(18-9-11-3-1-7-21-11)19-10-12-14(17-6-5-16-12)13-4-2-8-22-13/h1-8H,9-10H2,(H2,18,19,20). The maximum atomic E-state index is 11.8. The van der Waals surface area contributed by atoms with E-state index in [-0.39, 0.29) is 6.03 Å². The average molecular weight is 330 g/mol. The van der Waals surface area contributed by atoms with E-state index in [2.05, 4.69) is 20.6 Å². The molecule has 0 atom stereocenters. The number of carbonyl (C=O) groups excluding carboxylic acids is 1. The molecule has 2 N–H and O–H groups in total. The lowest BCUT2D eigenvalue weighted by atomic mass is 10.2. The van der Waals surface area contributed by atoms with Crippen molar-refractivity contribution in [1.29, 1.82) is 0 Å². The van der Waals surface area contributed by atoms with Crippen molar-refractivity contribution in [2.45, 2.75) is 13.1 Å². The third kappa shape index (κ3) is 3.69. The largest absolute Gasteiger partial charge is 0.333 e. The molecule has 22 heavy (non-hydrogen) atoms. The van der Waals surface area contributed by atoms with Crippen LogP contribution in [-0.2, 0) is 13.1 Å². The summed E-state index contributed by atoms with van der Waals surface area (Å²) in [7, 11) is 0. The Hall–Kier alpha value is -2.25. The van der Waals surface area contributed by atoms with Crippen molar-refractivity contribution >= 4 is 28.7 Å². The number of hydrogen-bond donors (Lipinski definition) is 2. The fraction of sp³-hybridized carbons (Fsp3) is 0.133. The summed E-state index contributed by atoms with van der Waals surface area (Å²) in [5, 5.41) is 9.63. The van der Waals surface area contributed by atoms with Crippen LogP contribution in [0.3, 0.4) is 0 Å². The molecule has 0 spiro atoms. The van der Waals surface area contributed by atoms with E-state index in [1.807, 2.05) is 35.0 Å². The van der Waals surface area contributed by atoms with Crippen molar-refractivity contribution in [2.75, 3.05) is 0 Å². The molecule has 3 aromatic rings. The van der Waals surface area contributed by atoms with Gasteiger partial charge >= 0.3 is 6.03 Å². The van der Waals surface area contributed by atoms with Crippen LogP contribution in [0.25, 0.3) is 10.6 Å². The van der Waals surface area contributed by atoms with Crippen molar-refractivity contribution in [1.82, 2.24) is 20.6 Å². The Morgan fingerprint density at radius 2 is 1.77 bits per heavy atom. The Morgan fingerprint density at radius 3 is 2.55 bits per heavy atom. The second-order valence-corrected chi connectivity index (χ2v) is 6.42. The van der Waals surface area contributed by atoms with Crippen molar-refractivity contribution < 1.29 is 4.79 Å². The van der Waals surface area contributed by atoms with E-state index in [9.17, 15) is 4.79 Å². The molecule has 0 saturated heterocycles. The number of carbonyl (C=O) groups is 1. The first-order valence-electron chi connectivity index (χ1n) is 6.71. The molecule has 0 aliphatic carbocycles. The minimum Gasteiger partial charge on any atom is -0.333 e. The van der Waals surface area contributed by atoms with Gasteiger partial charge in [-0.3, -0.25) is 9.97 Å². The fourth-order valence-electron chi connectivity index (χ4n) is 1.92. The Bertz CT molecular complexity index is 726. The molecule has 0 bridgehead atoms. The Kier molecular flexibility index (Phi) is 4.77. The first kappa shape index (κ1) is 14.7. The van der Waals surface area contributed by atoms with Crippen LogP contribution in [0.4, 0.5) is 4.79 Å². The van der Waals surface area contributed by atoms with Gasteiger partial charge in [0.1, 0.15) is 5.69 Å². The Morgan fingerprint density at radius 1 is 1.00 bits per heavy atom. The highest BCUT2D eigenvalue weighted by atomic mass is 32.1. The monoisotopic (exact) mass is 330 g/mol. The maximum absolute atomic E-state index is 11.8. The highest BCUT2D eigenvalue weighted by Gasteiger charge is 2.10. The van der Waals surface area contributed by atoms with E-state index in [4.69, 9.17) is 0 Å². The zero-order valence-electron chi connectivity index (χ0n) is 11.7. The van der Waals surface area contributed by atoms with Crippen LogP contribution >= 0.6 is 22.7 Å². The molecule has 0 radical (unpaired) electrons. The average Bonchev–Trinajstić information content (AvgIpc) is 3.24. The van der Waals surface area contributed by atoms with Gasteiger partial charge in [-0.1, -0.05) is 12.1 Å². The normalized spacial score (nSPS) is 10.4. The topological polar surface area (TPSA) is 66.9 Å². The van der Waals surface area contributed by atoms with Crippen LogP contribution in [0.1, 0.15) is 10.6 Å². The molecule has 7 heteroatoms. The fourth-order valence-corrected chi connectivity index (χ4v) is 3.31. The van der Waals surface area contributed by atoms with E-state index in [1.165, 1.54) is 0 Å². The molecular formula is C15H14N4OS2. The lowest BCUT2D eigenvalue weighted by Gasteiger charge is -2.08. The molecule has 0 saturated carbocycles. The molecule has 112 valence electrons. The summed E-state index contributed by atoms with van der Waals surface area (Å²) in [6.45, 7) is 0.874. The molecule has 3 aromatic heterocycles. The first-order chi connectivity index (χ1) is 10.8. The summed E-state index contributed by atoms with van der Waals surface area (Å²) in [5.41, 5.74) is 1.58.